The van der Waals surface area contributed by atoms with Crippen molar-refractivity contribution in [3.63, 3.8) is 0 Å². The number of pyridine rings is 1. The second kappa shape index (κ2) is 14.0. The molecule has 1 fully saturated rings. The van der Waals surface area contributed by atoms with Gasteiger partial charge in [0.2, 0.25) is 0 Å². The Morgan fingerprint density at radius 1 is 0.867 bits per heavy atom. The minimum Gasteiger partial charge on any atom is -0.481 e. The first-order valence-corrected chi connectivity index (χ1v) is 14.8. The van der Waals surface area contributed by atoms with E-state index in [0.29, 0.717) is 59.3 Å². The smallest absolute Gasteiger partial charge is 0.305 e. The van der Waals surface area contributed by atoms with E-state index in [1.807, 2.05) is 24.0 Å². The van der Waals surface area contributed by atoms with E-state index in [9.17, 15) is 24.3 Å². The molecule has 2 heterocycles. The molecule has 0 bridgehead atoms. The van der Waals surface area contributed by atoms with Crippen molar-refractivity contribution in [3.8, 4) is 0 Å². The number of nitrogens with zero attached hydrogens (tertiary/aromatic N) is 3. The largest absolute Gasteiger partial charge is 0.481 e. The molecule has 3 amide bonds. The number of aromatic nitrogens is 1. The topological polar surface area (TPSA) is 132 Å². The number of carbonyl (C=O) groups excluding carboxylic acids is 3. The lowest BCUT2D eigenvalue weighted by Gasteiger charge is -2.37. The lowest BCUT2D eigenvalue weighted by Crippen LogP contribution is -2.49. The summed E-state index contributed by atoms with van der Waals surface area (Å²) in [6.45, 7) is 3.81. The maximum atomic E-state index is 13.5. The maximum absolute atomic E-state index is 13.5. The van der Waals surface area contributed by atoms with Gasteiger partial charge in [-0.15, -0.1) is 0 Å². The maximum Gasteiger partial charge on any atom is 0.305 e. The van der Waals surface area contributed by atoms with Crippen molar-refractivity contribution in [2.45, 2.75) is 19.4 Å². The predicted molar refractivity (Wildman–Crippen MR) is 172 cm³/mol. The Hall–Kier alpha value is -5.22. The van der Waals surface area contributed by atoms with Crippen LogP contribution >= 0.6 is 11.6 Å². The van der Waals surface area contributed by atoms with Gasteiger partial charge < -0.3 is 25.5 Å². The van der Waals surface area contributed by atoms with Gasteiger partial charge in [-0.2, -0.15) is 0 Å². The zero-order valence-electron chi connectivity index (χ0n) is 24.6. The van der Waals surface area contributed by atoms with Crippen LogP contribution in [0.15, 0.2) is 91.3 Å². The second-order valence-corrected chi connectivity index (χ2v) is 11.2. The van der Waals surface area contributed by atoms with Crippen molar-refractivity contribution < 1.29 is 24.3 Å². The van der Waals surface area contributed by atoms with Crippen molar-refractivity contribution >= 4 is 46.7 Å². The van der Waals surface area contributed by atoms with Crippen molar-refractivity contribution in [3.05, 3.63) is 124 Å². The number of aryl methyl sites for hydroxylation is 1. The third kappa shape index (κ3) is 7.84. The number of benzene rings is 3. The number of carboxylic acid groups (broad SMARTS) is 1. The molecule has 1 aromatic heterocycles. The quantitative estimate of drug-likeness (QED) is 0.233. The van der Waals surface area contributed by atoms with Gasteiger partial charge in [-0.25, -0.2) is 0 Å². The van der Waals surface area contributed by atoms with Gasteiger partial charge in [0.1, 0.15) is 0 Å². The molecule has 1 aliphatic heterocycles. The summed E-state index contributed by atoms with van der Waals surface area (Å²) in [5.74, 6) is -2.05. The first-order chi connectivity index (χ1) is 21.7. The number of hydrogen-bond acceptors (Lipinski definition) is 6. The number of rotatable bonds is 9. The van der Waals surface area contributed by atoms with Gasteiger partial charge >= 0.3 is 5.97 Å². The van der Waals surface area contributed by atoms with Gasteiger partial charge in [0.25, 0.3) is 17.7 Å². The number of nitrogens with one attached hydrogen (secondary N) is 2. The summed E-state index contributed by atoms with van der Waals surface area (Å²) in [7, 11) is 0. The third-order valence-corrected chi connectivity index (χ3v) is 7.81. The summed E-state index contributed by atoms with van der Waals surface area (Å²) in [5.41, 5.74) is 3.85. The number of carboxylic acids is 1. The normalized spacial score (nSPS) is 13.6. The van der Waals surface area contributed by atoms with E-state index in [1.165, 1.54) is 0 Å². The van der Waals surface area contributed by atoms with Crippen molar-refractivity contribution in [2.24, 2.45) is 0 Å². The Morgan fingerprint density at radius 2 is 1.58 bits per heavy atom. The average Bonchev–Trinajstić information content (AvgIpc) is 3.04. The first-order valence-electron chi connectivity index (χ1n) is 14.4. The van der Waals surface area contributed by atoms with E-state index >= 15 is 0 Å². The van der Waals surface area contributed by atoms with Crippen LogP contribution in [0.5, 0.6) is 0 Å². The van der Waals surface area contributed by atoms with E-state index in [0.717, 1.165) is 5.56 Å². The standard InChI is InChI=1S/C34H32ClN5O5/c1-22-7-9-23(10-8-22)28(20-31(41)42)37-33(44)25-11-12-30(29(19-25)38-32(43)24-4-2-6-27(35)18-24)39-14-16-40(17-15-39)34(45)26-5-3-13-36-21-26/h2-13,18-19,21,28H,14-17,20H2,1H3,(H,37,44)(H,38,43)(H,41,42). The van der Waals surface area contributed by atoms with Crippen LogP contribution in [-0.4, -0.2) is 64.9 Å². The second-order valence-electron chi connectivity index (χ2n) is 10.8. The SMILES string of the molecule is Cc1ccc(C(CC(=O)O)NC(=O)c2ccc(N3CCN(C(=O)c4cccnc4)CC3)c(NC(=O)c3cccc(Cl)c3)c2)cc1. The zero-order chi connectivity index (χ0) is 31.9. The van der Waals surface area contributed by atoms with Crippen LogP contribution in [0.1, 0.15) is 54.7 Å². The van der Waals surface area contributed by atoms with Gasteiger partial charge in [0.05, 0.1) is 29.4 Å². The summed E-state index contributed by atoms with van der Waals surface area (Å²) in [6.07, 6.45) is 2.86. The Labute approximate surface area is 265 Å². The molecule has 1 aliphatic rings. The van der Waals surface area contributed by atoms with E-state index in [2.05, 4.69) is 15.6 Å². The molecule has 0 radical (unpaired) electrons. The number of amides is 3. The lowest BCUT2D eigenvalue weighted by atomic mass is 10.0. The Kier molecular flexibility index (Phi) is 9.74. The van der Waals surface area contributed by atoms with Crippen LogP contribution in [-0.2, 0) is 4.79 Å². The Bertz CT molecular complexity index is 1710. The summed E-state index contributed by atoms with van der Waals surface area (Å²) in [6, 6.07) is 21.5. The summed E-state index contributed by atoms with van der Waals surface area (Å²) in [5, 5.41) is 15.7. The molecule has 5 rings (SSSR count). The molecule has 45 heavy (non-hydrogen) atoms. The van der Waals surface area contributed by atoms with Gasteiger partial charge in [-0.05, 0) is 61.0 Å². The highest BCUT2D eigenvalue weighted by molar-refractivity contribution is 6.31. The molecule has 11 heteroatoms. The highest BCUT2D eigenvalue weighted by Crippen LogP contribution is 2.30. The van der Waals surface area contributed by atoms with Crippen LogP contribution in [0.3, 0.4) is 0 Å². The fraction of sp³-hybridized carbons (Fsp3) is 0.206. The molecule has 0 saturated carbocycles. The van der Waals surface area contributed by atoms with Crippen LogP contribution < -0.4 is 15.5 Å². The van der Waals surface area contributed by atoms with Crippen molar-refractivity contribution in [1.29, 1.82) is 0 Å². The van der Waals surface area contributed by atoms with E-state index < -0.39 is 23.8 Å². The fourth-order valence-electron chi connectivity index (χ4n) is 5.17. The van der Waals surface area contributed by atoms with Crippen LogP contribution in [0.2, 0.25) is 5.02 Å². The molecule has 0 spiro atoms. The minimum atomic E-state index is -1.05. The summed E-state index contributed by atoms with van der Waals surface area (Å²) >= 11 is 6.12. The van der Waals surface area contributed by atoms with Crippen LogP contribution in [0.25, 0.3) is 0 Å². The summed E-state index contributed by atoms with van der Waals surface area (Å²) < 4.78 is 0. The number of halogens is 1. The number of piperazine rings is 1. The van der Waals surface area contributed by atoms with Crippen molar-refractivity contribution in [2.75, 3.05) is 36.4 Å². The van der Waals surface area contributed by atoms with Gasteiger partial charge in [0, 0.05) is 54.7 Å². The molecule has 230 valence electrons. The molecule has 0 aliphatic carbocycles. The molecule has 4 aromatic rings. The Morgan fingerprint density at radius 3 is 2.24 bits per heavy atom. The van der Waals surface area contributed by atoms with E-state index in [1.54, 1.807) is 84.0 Å². The number of aliphatic carboxylic acids is 1. The third-order valence-electron chi connectivity index (χ3n) is 7.57. The fourth-order valence-corrected chi connectivity index (χ4v) is 5.36. The molecule has 1 atom stereocenters. The molecule has 3 aromatic carbocycles. The minimum absolute atomic E-state index is 0.103. The predicted octanol–water partition coefficient (Wildman–Crippen LogP) is 5.20. The molecule has 10 nitrogen and oxygen atoms in total. The molecular weight excluding hydrogens is 594 g/mol. The number of hydrogen-bond donors (Lipinski definition) is 3. The average molecular weight is 626 g/mol. The van der Waals surface area contributed by atoms with Gasteiger partial charge in [-0.1, -0.05) is 47.5 Å². The first kappa shape index (κ1) is 31.2. The zero-order valence-corrected chi connectivity index (χ0v) is 25.3. The molecule has 1 unspecified atom stereocenters. The lowest BCUT2D eigenvalue weighted by molar-refractivity contribution is -0.137. The molecular formula is C34H32ClN5O5. The Balaban J connectivity index is 1.39. The van der Waals surface area contributed by atoms with Crippen LogP contribution in [0.4, 0.5) is 11.4 Å². The van der Waals surface area contributed by atoms with Gasteiger partial charge in [0.15, 0.2) is 0 Å². The van der Waals surface area contributed by atoms with E-state index in [-0.39, 0.29) is 17.9 Å². The van der Waals surface area contributed by atoms with Crippen LogP contribution in [0, 0.1) is 6.92 Å². The highest BCUT2D eigenvalue weighted by atomic mass is 35.5. The van der Waals surface area contributed by atoms with E-state index in [4.69, 9.17) is 11.6 Å². The van der Waals surface area contributed by atoms with Gasteiger partial charge in [-0.3, -0.25) is 24.2 Å². The van der Waals surface area contributed by atoms with Crippen molar-refractivity contribution in [1.82, 2.24) is 15.2 Å². The molecule has 3 N–H and O–H groups in total. The number of anilines is 2. The number of carbonyl (C=O) groups is 4. The summed E-state index contributed by atoms with van der Waals surface area (Å²) in [4.78, 5) is 59.2. The monoisotopic (exact) mass is 625 g/mol. The molecule has 1 saturated heterocycles. The highest BCUT2D eigenvalue weighted by Gasteiger charge is 2.26.